The van der Waals surface area contributed by atoms with E-state index < -0.39 is 6.67 Å². The molecule has 0 saturated carbocycles. The Morgan fingerprint density at radius 3 is 2.94 bits per heavy atom. The summed E-state index contributed by atoms with van der Waals surface area (Å²) in [6.07, 6.45) is 1.36. The molecular formula is C10H13ClFN3O. The van der Waals surface area contributed by atoms with Crippen molar-refractivity contribution in [2.45, 2.75) is 13.0 Å². The topological polar surface area (TPSA) is 54.0 Å². The van der Waals surface area contributed by atoms with Crippen molar-refractivity contribution < 1.29 is 9.18 Å². The molecule has 4 nitrogen and oxygen atoms in total. The number of nitrogens with zero attached hydrogens (tertiary/aromatic N) is 1. The predicted octanol–water partition coefficient (Wildman–Crippen LogP) is 1.86. The number of hydrogen-bond acceptors (Lipinski definition) is 3. The number of nitrogens with one attached hydrogen (secondary N) is 2. The van der Waals surface area contributed by atoms with Crippen LogP contribution < -0.4 is 10.6 Å². The zero-order chi connectivity index (χ0) is 12.1. The van der Waals surface area contributed by atoms with Gasteiger partial charge in [-0.2, -0.15) is 0 Å². The maximum absolute atomic E-state index is 12.4. The maximum Gasteiger partial charge on any atom is 0.254 e. The van der Waals surface area contributed by atoms with Gasteiger partial charge >= 0.3 is 0 Å². The van der Waals surface area contributed by atoms with Crippen LogP contribution >= 0.6 is 11.6 Å². The minimum Gasteiger partial charge on any atom is -0.379 e. The highest BCUT2D eigenvalue weighted by atomic mass is 35.5. The highest BCUT2D eigenvalue weighted by molar-refractivity contribution is 6.29. The third-order valence-corrected chi connectivity index (χ3v) is 2.18. The standard InChI is InChI=1S/C10H13ClFN3O/c1-6(4-12)15-8-3-9(11)14-5-7(8)10(16)13-2/h3,5-6H,4H2,1-2H3,(H,13,16)(H,14,15)/t6-/m0/s1. The van der Waals surface area contributed by atoms with Crippen LogP contribution in [0.1, 0.15) is 17.3 Å². The Morgan fingerprint density at radius 1 is 1.69 bits per heavy atom. The fraction of sp³-hybridized carbons (Fsp3) is 0.400. The molecule has 1 atom stereocenters. The van der Waals surface area contributed by atoms with E-state index in [-0.39, 0.29) is 17.1 Å². The zero-order valence-electron chi connectivity index (χ0n) is 9.05. The van der Waals surface area contributed by atoms with Crippen LogP contribution in [0.4, 0.5) is 10.1 Å². The molecule has 0 bridgehead atoms. The normalized spacial score (nSPS) is 12.0. The Hall–Kier alpha value is -1.36. The van der Waals surface area contributed by atoms with Crippen LogP contribution in [0.25, 0.3) is 0 Å². The van der Waals surface area contributed by atoms with E-state index in [4.69, 9.17) is 11.6 Å². The maximum atomic E-state index is 12.4. The second kappa shape index (κ2) is 5.65. The van der Waals surface area contributed by atoms with Gasteiger partial charge in [0.1, 0.15) is 11.8 Å². The fourth-order valence-electron chi connectivity index (χ4n) is 1.17. The minimum atomic E-state index is -0.535. The summed E-state index contributed by atoms with van der Waals surface area (Å²) in [4.78, 5) is 15.3. The number of hydrogen-bond donors (Lipinski definition) is 2. The number of carbonyl (C=O) groups is 1. The molecule has 1 aromatic heterocycles. The molecule has 2 N–H and O–H groups in total. The van der Waals surface area contributed by atoms with Crippen molar-refractivity contribution >= 4 is 23.2 Å². The first-order chi connectivity index (χ1) is 7.58. The number of carbonyl (C=O) groups excluding carboxylic acids is 1. The number of anilines is 1. The van der Waals surface area contributed by atoms with Crippen molar-refractivity contribution in [3.8, 4) is 0 Å². The first-order valence-corrected chi connectivity index (χ1v) is 5.16. The van der Waals surface area contributed by atoms with Gasteiger partial charge in [-0.15, -0.1) is 0 Å². The van der Waals surface area contributed by atoms with Gasteiger partial charge in [-0.05, 0) is 13.0 Å². The van der Waals surface area contributed by atoms with Gasteiger partial charge in [0.15, 0.2) is 0 Å². The van der Waals surface area contributed by atoms with Crippen molar-refractivity contribution in [3.05, 3.63) is 23.0 Å². The molecule has 1 amide bonds. The van der Waals surface area contributed by atoms with Crippen LogP contribution in [0.15, 0.2) is 12.3 Å². The number of alkyl halides is 1. The number of pyridine rings is 1. The molecule has 0 saturated heterocycles. The lowest BCUT2D eigenvalue weighted by molar-refractivity contribution is 0.0963. The summed E-state index contributed by atoms with van der Waals surface area (Å²) in [5.74, 6) is -0.294. The summed E-state index contributed by atoms with van der Waals surface area (Å²) in [5.41, 5.74) is 0.816. The van der Waals surface area contributed by atoms with Crippen LogP contribution in [0.3, 0.4) is 0 Å². The van der Waals surface area contributed by atoms with Crippen molar-refractivity contribution in [1.82, 2.24) is 10.3 Å². The molecule has 0 spiro atoms. The van der Waals surface area contributed by atoms with E-state index in [1.54, 1.807) is 6.92 Å². The molecule has 6 heteroatoms. The Bertz CT molecular complexity index is 386. The van der Waals surface area contributed by atoms with Gasteiger partial charge in [0.05, 0.1) is 17.3 Å². The third-order valence-electron chi connectivity index (χ3n) is 1.98. The highest BCUT2D eigenvalue weighted by Crippen LogP contribution is 2.19. The molecule has 0 unspecified atom stereocenters. The lowest BCUT2D eigenvalue weighted by Gasteiger charge is -2.14. The van der Waals surface area contributed by atoms with Gasteiger partial charge in [0.25, 0.3) is 5.91 Å². The first kappa shape index (κ1) is 12.7. The monoisotopic (exact) mass is 245 g/mol. The molecule has 0 radical (unpaired) electrons. The number of amides is 1. The minimum absolute atomic E-state index is 0.251. The molecule has 0 fully saturated rings. The molecule has 1 aromatic rings. The smallest absolute Gasteiger partial charge is 0.254 e. The average molecular weight is 246 g/mol. The Balaban J connectivity index is 3.03. The molecule has 1 rings (SSSR count). The fourth-order valence-corrected chi connectivity index (χ4v) is 1.33. The van der Waals surface area contributed by atoms with E-state index in [2.05, 4.69) is 15.6 Å². The SMILES string of the molecule is CNC(=O)c1cnc(Cl)cc1N[C@@H](C)CF. The molecule has 0 aliphatic carbocycles. The molecule has 88 valence electrons. The Kier molecular flexibility index (Phi) is 4.49. The number of halogens is 2. The number of rotatable bonds is 4. The number of aromatic nitrogens is 1. The van der Waals surface area contributed by atoms with E-state index in [1.165, 1.54) is 19.3 Å². The summed E-state index contributed by atoms with van der Waals surface area (Å²) < 4.78 is 12.4. The van der Waals surface area contributed by atoms with Crippen LogP contribution in [0.2, 0.25) is 5.15 Å². The first-order valence-electron chi connectivity index (χ1n) is 4.78. The second-order valence-electron chi connectivity index (χ2n) is 3.33. The summed E-state index contributed by atoms with van der Waals surface area (Å²) in [6, 6.07) is 1.11. The molecule has 0 aliphatic heterocycles. The van der Waals surface area contributed by atoms with Crippen LogP contribution in [0.5, 0.6) is 0 Å². The van der Waals surface area contributed by atoms with Gasteiger partial charge in [-0.3, -0.25) is 4.79 Å². The zero-order valence-corrected chi connectivity index (χ0v) is 9.81. The van der Waals surface area contributed by atoms with E-state index in [9.17, 15) is 9.18 Å². The third kappa shape index (κ3) is 3.06. The van der Waals surface area contributed by atoms with E-state index in [0.717, 1.165) is 0 Å². The van der Waals surface area contributed by atoms with Gasteiger partial charge in [0.2, 0.25) is 0 Å². The Labute approximate surface area is 98.2 Å². The van der Waals surface area contributed by atoms with Crippen molar-refractivity contribution in [3.63, 3.8) is 0 Å². The van der Waals surface area contributed by atoms with Gasteiger partial charge in [-0.25, -0.2) is 9.37 Å². The highest BCUT2D eigenvalue weighted by Gasteiger charge is 2.13. The largest absolute Gasteiger partial charge is 0.379 e. The summed E-state index contributed by atoms with van der Waals surface area (Å²) >= 11 is 5.71. The van der Waals surface area contributed by atoms with Crippen LogP contribution in [-0.4, -0.2) is 30.7 Å². The summed E-state index contributed by atoms with van der Waals surface area (Å²) in [6.45, 7) is 1.13. The summed E-state index contributed by atoms with van der Waals surface area (Å²) in [7, 11) is 1.51. The second-order valence-corrected chi connectivity index (χ2v) is 3.72. The molecular weight excluding hydrogens is 233 g/mol. The quantitative estimate of drug-likeness (QED) is 0.797. The van der Waals surface area contributed by atoms with Crippen molar-refractivity contribution in [1.29, 1.82) is 0 Å². The molecule has 16 heavy (non-hydrogen) atoms. The molecule has 1 heterocycles. The molecule has 0 aliphatic rings. The lowest BCUT2D eigenvalue weighted by atomic mass is 10.2. The van der Waals surface area contributed by atoms with Gasteiger partial charge in [-0.1, -0.05) is 11.6 Å². The molecule has 0 aromatic carbocycles. The van der Waals surface area contributed by atoms with E-state index >= 15 is 0 Å². The van der Waals surface area contributed by atoms with Gasteiger partial charge < -0.3 is 10.6 Å². The lowest BCUT2D eigenvalue weighted by Crippen LogP contribution is -2.23. The van der Waals surface area contributed by atoms with Gasteiger partial charge in [0, 0.05) is 13.2 Å². The average Bonchev–Trinajstić information content (AvgIpc) is 2.28. The van der Waals surface area contributed by atoms with Crippen LogP contribution in [0, 0.1) is 0 Å². The Morgan fingerprint density at radius 2 is 2.38 bits per heavy atom. The van der Waals surface area contributed by atoms with E-state index in [0.29, 0.717) is 11.3 Å². The van der Waals surface area contributed by atoms with Crippen molar-refractivity contribution in [2.75, 3.05) is 19.0 Å². The summed E-state index contributed by atoms with van der Waals surface area (Å²) in [5, 5.41) is 5.58. The van der Waals surface area contributed by atoms with Crippen molar-refractivity contribution in [2.24, 2.45) is 0 Å². The predicted molar refractivity (Wildman–Crippen MR) is 61.7 cm³/mol. The van der Waals surface area contributed by atoms with Crippen LogP contribution in [-0.2, 0) is 0 Å². The van der Waals surface area contributed by atoms with E-state index in [1.807, 2.05) is 0 Å².